The number of ketones is 1. The minimum absolute atomic E-state index is 0.110. The van der Waals surface area contributed by atoms with Crippen LogP contribution in [0.15, 0.2) is 34.9 Å². The van der Waals surface area contributed by atoms with Crippen LogP contribution in [0.5, 0.6) is 0 Å². The van der Waals surface area contributed by atoms with E-state index >= 15 is 0 Å². The maximum Gasteiger partial charge on any atom is 0.180 e. The summed E-state index contributed by atoms with van der Waals surface area (Å²) in [5.41, 5.74) is 1.44. The predicted octanol–water partition coefficient (Wildman–Crippen LogP) is 2.34. The number of nitrogens with zero attached hydrogens (tertiary/aromatic N) is 1. The number of rotatable bonds is 3. The number of ether oxygens (including phenoxy) is 1. The SMILES string of the molecule is CC1CN(CC(=O)c2coc3ccccc23)CCO1. The minimum Gasteiger partial charge on any atom is -0.464 e. The third-order valence-corrected chi connectivity index (χ3v) is 3.47. The first kappa shape index (κ1) is 12.4. The van der Waals surface area contributed by atoms with Crippen LogP contribution in [0.1, 0.15) is 17.3 Å². The van der Waals surface area contributed by atoms with Crippen molar-refractivity contribution in [3.05, 3.63) is 36.1 Å². The van der Waals surface area contributed by atoms with Gasteiger partial charge in [-0.2, -0.15) is 0 Å². The summed E-state index contributed by atoms with van der Waals surface area (Å²) in [5, 5.41) is 0.897. The van der Waals surface area contributed by atoms with E-state index in [1.54, 1.807) is 6.26 Å². The Morgan fingerprint density at radius 1 is 1.42 bits per heavy atom. The van der Waals surface area contributed by atoms with E-state index in [1.165, 1.54) is 0 Å². The molecule has 1 aromatic heterocycles. The number of carbonyl (C=O) groups is 1. The zero-order valence-corrected chi connectivity index (χ0v) is 11.0. The molecule has 0 N–H and O–H groups in total. The first-order chi connectivity index (χ1) is 9.24. The zero-order chi connectivity index (χ0) is 13.2. The molecule has 1 atom stereocenters. The molecular weight excluding hydrogens is 242 g/mol. The van der Waals surface area contributed by atoms with Gasteiger partial charge in [-0.3, -0.25) is 9.69 Å². The molecule has 0 spiro atoms. The molecule has 4 nitrogen and oxygen atoms in total. The summed E-state index contributed by atoms with van der Waals surface area (Å²) in [6, 6.07) is 7.63. The second-order valence-electron chi connectivity index (χ2n) is 4.99. The van der Waals surface area contributed by atoms with E-state index in [9.17, 15) is 4.79 Å². The first-order valence-corrected chi connectivity index (χ1v) is 6.57. The molecule has 2 aromatic rings. The Kier molecular flexibility index (Phi) is 3.36. The minimum atomic E-state index is 0.110. The Morgan fingerprint density at radius 3 is 3.11 bits per heavy atom. The van der Waals surface area contributed by atoms with E-state index in [2.05, 4.69) is 4.90 Å². The third-order valence-electron chi connectivity index (χ3n) is 3.47. The summed E-state index contributed by atoms with van der Waals surface area (Å²) in [4.78, 5) is 14.5. The molecule has 0 radical (unpaired) electrons. The predicted molar refractivity (Wildman–Crippen MR) is 72.4 cm³/mol. The van der Waals surface area contributed by atoms with Crippen molar-refractivity contribution < 1.29 is 13.9 Å². The molecule has 0 bridgehead atoms. The number of Topliss-reactive ketones (excluding diaryl/α,β-unsaturated/α-hetero) is 1. The van der Waals surface area contributed by atoms with Gasteiger partial charge in [0.15, 0.2) is 5.78 Å². The van der Waals surface area contributed by atoms with Crippen molar-refractivity contribution in [1.82, 2.24) is 4.90 Å². The summed E-state index contributed by atoms with van der Waals surface area (Å²) >= 11 is 0. The number of hydrogen-bond acceptors (Lipinski definition) is 4. The highest BCUT2D eigenvalue weighted by Crippen LogP contribution is 2.21. The molecule has 0 aliphatic carbocycles. The van der Waals surface area contributed by atoms with Crippen LogP contribution < -0.4 is 0 Å². The van der Waals surface area contributed by atoms with Crippen molar-refractivity contribution in [2.24, 2.45) is 0 Å². The standard InChI is InChI=1S/C15H17NO3/c1-11-8-16(6-7-18-11)9-14(17)13-10-19-15-5-3-2-4-12(13)15/h2-5,10-11H,6-9H2,1H3. The lowest BCUT2D eigenvalue weighted by molar-refractivity contribution is -0.0158. The van der Waals surface area contributed by atoms with E-state index in [1.807, 2.05) is 31.2 Å². The average molecular weight is 259 g/mol. The van der Waals surface area contributed by atoms with Crippen molar-refractivity contribution in [2.75, 3.05) is 26.2 Å². The highest BCUT2D eigenvalue weighted by molar-refractivity contribution is 6.08. The Hall–Kier alpha value is -1.65. The van der Waals surface area contributed by atoms with Gasteiger partial charge in [0.05, 0.1) is 24.8 Å². The molecule has 4 heteroatoms. The van der Waals surface area contributed by atoms with Crippen molar-refractivity contribution >= 4 is 16.8 Å². The van der Waals surface area contributed by atoms with Gasteiger partial charge in [-0.15, -0.1) is 0 Å². The number of hydrogen-bond donors (Lipinski definition) is 0. The van der Waals surface area contributed by atoms with Gasteiger partial charge in [-0.05, 0) is 13.0 Å². The average Bonchev–Trinajstić information content (AvgIpc) is 2.82. The summed E-state index contributed by atoms with van der Waals surface area (Å²) in [6.45, 7) is 4.77. The molecule has 1 unspecified atom stereocenters. The highest BCUT2D eigenvalue weighted by Gasteiger charge is 2.21. The van der Waals surface area contributed by atoms with Gasteiger partial charge in [0.25, 0.3) is 0 Å². The van der Waals surface area contributed by atoms with E-state index in [4.69, 9.17) is 9.15 Å². The van der Waals surface area contributed by atoms with Gasteiger partial charge in [0.2, 0.25) is 0 Å². The van der Waals surface area contributed by atoms with Gasteiger partial charge in [0.1, 0.15) is 11.8 Å². The van der Waals surface area contributed by atoms with Crippen molar-refractivity contribution in [3.63, 3.8) is 0 Å². The molecular formula is C15H17NO3. The monoisotopic (exact) mass is 259 g/mol. The van der Waals surface area contributed by atoms with E-state index in [0.717, 1.165) is 24.1 Å². The number of fused-ring (bicyclic) bond motifs is 1. The highest BCUT2D eigenvalue weighted by atomic mass is 16.5. The molecule has 0 saturated carbocycles. The normalized spacial score (nSPS) is 20.8. The fourth-order valence-electron chi connectivity index (χ4n) is 2.52. The number of morpholine rings is 1. The molecule has 2 heterocycles. The smallest absolute Gasteiger partial charge is 0.180 e. The quantitative estimate of drug-likeness (QED) is 0.793. The Balaban J connectivity index is 1.76. The second-order valence-corrected chi connectivity index (χ2v) is 4.99. The lowest BCUT2D eigenvalue weighted by atomic mass is 10.1. The summed E-state index contributed by atoms with van der Waals surface area (Å²) in [5.74, 6) is 0.110. The molecule has 19 heavy (non-hydrogen) atoms. The van der Waals surface area contributed by atoms with Crippen LogP contribution in [-0.2, 0) is 4.74 Å². The number of benzene rings is 1. The molecule has 1 aliphatic rings. The Bertz CT molecular complexity index is 590. The number of para-hydroxylation sites is 1. The van der Waals surface area contributed by atoms with E-state index in [-0.39, 0.29) is 11.9 Å². The van der Waals surface area contributed by atoms with Crippen LogP contribution in [0, 0.1) is 0 Å². The van der Waals surface area contributed by atoms with Crippen LogP contribution >= 0.6 is 0 Å². The summed E-state index contributed by atoms with van der Waals surface area (Å²) in [7, 11) is 0. The van der Waals surface area contributed by atoms with Gasteiger partial charge >= 0.3 is 0 Å². The second kappa shape index (κ2) is 5.15. The van der Waals surface area contributed by atoms with Crippen LogP contribution in [0.3, 0.4) is 0 Å². The lowest BCUT2D eigenvalue weighted by Gasteiger charge is -2.30. The number of carbonyl (C=O) groups excluding carboxylic acids is 1. The topological polar surface area (TPSA) is 42.7 Å². The van der Waals surface area contributed by atoms with Crippen molar-refractivity contribution in [2.45, 2.75) is 13.0 Å². The first-order valence-electron chi connectivity index (χ1n) is 6.57. The van der Waals surface area contributed by atoms with Gasteiger partial charge in [-0.25, -0.2) is 0 Å². The lowest BCUT2D eigenvalue weighted by Crippen LogP contribution is -2.43. The maximum atomic E-state index is 12.4. The Morgan fingerprint density at radius 2 is 2.26 bits per heavy atom. The van der Waals surface area contributed by atoms with E-state index in [0.29, 0.717) is 18.7 Å². The molecule has 1 aromatic carbocycles. The van der Waals surface area contributed by atoms with Crippen LogP contribution in [0.2, 0.25) is 0 Å². The third kappa shape index (κ3) is 2.55. The maximum absolute atomic E-state index is 12.4. The zero-order valence-electron chi connectivity index (χ0n) is 11.0. The molecule has 1 saturated heterocycles. The number of furan rings is 1. The molecule has 1 fully saturated rings. The van der Waals surface area contributed by atoms with Crippen LogP contribution in [0.25, 0.3) is 11.0 Å². The van der Waals surface area contributed by atoms with Gasteiger partial charge in [-0.1, -0.05) is 18.2 Å². The fraction of sp³-hybridized carbons (Fsp3) is 0.400. The van der Waals surface area contributed by atoms with Crippen molar-refractivity contribution in [3.8, 4) is 0 Å². The van der Waals surface area contributed by atoms with Crippen LogP contribution in [0.4, 0.5) is 0 Å². The van der Waals surface area contributed by atoms with E-state index < -0.39 is 0 Å². The largest absolute Gasteiger partial charge is 0.464 e. The summed E-state index contributed by atoms with van der Waals surface area (Å²) in [6.07, 6.45) is 1.76. The molecule has 3 rings (SSSR count). The Labute approximate surface area is 111 Å². The molecule has 100 valence electrons. The summed E-state index contributed by atoms with van der Waals surface area (Å²) < 4.78 is 10.9. The molecule has 0 amide bonds. The molecule has 1 aliphatic heterocycles. The van der Waals surface area contributed by atoms with Crippen molar-refractivity contribution in [1.29, 1.82) is 0 Å². The van der Waals surface area contributed by atoms with Gasteiger partial charge in [0, 0.05) is 18.5 Å². The fourth-order valence-corrected chi connectivity index (χ4v) is 2.52. The van der Waals surface area contributed by atoms with Gasteiger partial charge < -0.3 is 9.15 Å². The van der Waals surface area contributed by atoms with Crippen LogP contribution in [-0.4, -0.2) is 43.0 Å².